The molecule has 0 spiro atoms. The molecule has 0 unspecified atom stereocenters. The van der Waals surface area contributed by atoms with Crippen LogP contribution < -0.4 is 10.1 Å². The van der Waals surface area contributed by atoms with Crippen molar-refractivity contribution < 1.29 is 22.7 Å². The molecule has 0 aliphatic carbocycles. The Morgan fingerprint density at radius 2 is 2.00 bits per heavy atom. The monoisotopic (exact) mass is 384 g/mol. The number of carbonyl (C=O) groups excluding carboxylic acids is 1. The number of carbonyl (C=O) groups is 1. The quantitative estimate of drug-likeness (QED) is 0.732. The van der Waals surface area contributed by atoms with E-state index < -0.39 is 12.8 Å². The van der Waals surface area contributed by atoms with Gasteiger partial charge < -0.3 is 10.1 Å². The van der Waals surface area contributed by atoms with Crippen molar-refractivity contribution in [1.82, 2.24) is 10.3 Å². The van der Waals surface area contributed by atoms with Crippen molar-refractivity contribution in [2.75, 3.05) is 12.4 Å². The lowest BCUT2D eigenvalue weighted by atomic mass is 10.2. The molecular formula is C18H19F3N2O2S. The molecule has 0 radical (unpaired) electrons. The van der Waals surface area contributed by atoms with Crippen molar-refractivity contribution in [3.63, 3.8) is 0 Å². The fourth-order valence-electron chi connectivity index (χ4n) is 2.05. The summed E-state index contributed by atoms with van der Waals surface area (Å²) in [4.78, 5) is 16.8. The standard InChI is InChI=1S/C18H19F3N2O2S/c1-12-3-4-13(2)15(7-12)26-10-16(24)23-9-14-5-6-22-17(8-14)25-11-18(19,20)21/h3-8H,9-11H2,1-2H3,(H,23,24). The lowest BCUT2D eigenvalue weighted by Gasteiger charge is -2.10. The van der Waals surface area contributed by atoms with Gasteiger partial charge in [0.15, 0.2) is 6.61 Å². The van der Waals surface area contributed by atoms with Crippen molar-refractivity contribution >= 4 is 17.7 Å². The van der Waals surface area contributed by atoms with Crippen LogP contribution in [0.1, 0.15) is 16.7 Å². The molecule has 0 fully saturated rings. The molecule has 1 aromatic heterocycles. The number of hydrogen-bond donors (Lipinski definition) is 1. The topological polar surface area (TPSA) is 51.2 Å². The summed E-state index contributed by atoms with van der Waals surface area (Å²) in [5.41, 5.74) is 2.85. The van der Waals surface area contributed by atoms with Gasteiger partial charge in [0.1, 0.15) is 0 Å². The smallest absolute Gasteiger partial charge is 0.422 e. The predicted octanol–water partition coefficient (Wildman–Crippen LogP) is 4.05. The number of benzene rings is 1. The summed E-state index contributed by atoms with van der Waals surface area (Å²) < 4.78 is 41.1. The largest absolute Gasteiger partial charge is 0.468 e. The fourth-order valence-corrected chi connectivity index (χ4v) is 3.01. The molecule has 1 aromatic carbocycles. The number of aryl methyl sites for hydroxylation is 2. The number of alkyl halides is 3. The minimum absolute atomic E-state index is 0.126. The third kappa shape index (κ3) is 6.95. The zero-order valence-electron chi connectivity index (χ0n) is 14.4. The second-order valence-electron chi connectivity index (χ2n) is 5.74. The van der Waals surface area contributed by atoms with Gasteiger partial charge in [-0.2, -0.15) is 13.2 Å². The van der Waals surface area contributed by atoms with Gasteiger partial charge in [-0.15, -0.1) is 11.8 Å². The molecular weight excluding hydrogens is 365 g/mol. The Morgan fingerprint density at radius 3 is 2.73 bits per heavy atom. The molecule has 0 aliphatic heterocycles. The van der Waals surface area contributed by atoms with E-state index in [1.807, 2.05) is 32.0 Å². The third-order valence-corrected chi connectivity index (χ3v) is 4.53. The van der Waals surface area contributed by atoms with Crippen LogP contribution >= 0.6 is 11.8 Å². The molecule has 0 aliphatic rings. The number of aromatic nitrogens is 1. The van der Waals surface area contributed by atoms with E-state index in [2.05, 4.69) is 15.0 Å². The molecule has 26 heavy (non-hydrogen) atoms. The number of nitrogens with one attached hydrogen (secondary N) is 1. The van der Waals surface area contributed by atoms with Gasteiger partial charge in [-0.05, 0) is 37.1 Å². The molecule has 1 heterocycles. The molecule has 0 bridgehead atoms. The molecule has 4 nitrogen and oxygen atoms in total. The summed E-state index contributed by atoms with van der Waals surface area (Å²) in [6.45, 7) is 2.77. The van der Waals surface area contributed by atoms with Gasteiger partial charge >= 0.3 is 6.18 Å². The number of amides is 1. The van der Waals surface area contributed by atoms with Crippen LogP contribution in [-0.4, -0.2) is 29.4 Å². The van der Waals surface area contributed by atoms with Crippen LogP contribution in [0.3, 0.4) is 0 Å². The Balaban J connectivity index is 1.82. The molecule has 0 saturated heterocycles. The van der Waals surface area contributed by atoms with Gasteiger partial charge in [0, 0.05) is 23.7 Å². The Bertz CT molecular complexity index is 766. The summed E-state index contributed by atoms with van der Waals surface area (Å²) in [7, 11) is 0. The summed E-state index contributed by atoms with van der Waals surface area (Å²) >= 11 is 1.44. The molecule has 0 atom stereocenters. The first-order valence-corrected chi connectivity index (χ1v) is 8.83. The first-order valence-electron chi connectivity index (χ1n) is 7.84. The highest BCUT2D eigenvalue weighted by Crippen LogP contribution is 2.23. The number of pyridine rings is 1. The number of rotatable bonds is 7. The Hall–Kier alpha value is -2.22. The molecule has 2 rings (SSSR count). The van der Waals surface area contributed by atoms with Crippen LogP contribution in [0.2, 0.25) is 0 Å². The number of thioether (sulfide) groups is 1. The minimum Gasteiger partial charge on any atom is -0.468 e. The van der Waals surface area contributed by atoms with Crippen LogP contribution in [0.25, 0.3) is 0 Å². The Labute approximate surface area is 154 Å². The van der Waals surface area contributed by atoms with Crippen LogP contribution in [0.15, 0.2) is 41.4 Å². The second kappa shape index (κ2) is 8.93. The number of halogens is 3. The van der Waals surface area contributed by atoms with E-state index in [-0.39, 0.29) is 24.1 Å². The second-order valence-corrected chi connectivity index (χ2v) is 6.76. The highest BCUT2D eigenvalue weighted by Gasteiger charge is 2.28. The van der Waals surface area contributed by atoms with E-state index in [4.69, 9.17) is 0 Å². The Morgan fingerprint density at radius 1 is 1.23 bits per heavy atom. The molecule has 2 aromatic rings. The van der Waals surface area contributed by atoms with Crippen LogP contribution in [0.4, 0.5) is 13.2 Å². The van der Waals surface area contributed by atoms with Crippen molar-refractivity contribution in [2.24, 2.45) is 0 Å². The normalized spacial score (nSPS) is 11.3. The van der Waals surface area contributed by atoms with Gasteiger partial charge in [-0.3, -0.25) is 4.79 Å². The zero-order chi connectivity index (χ0) is 19.2. The van der Waals surface area contributed by atoms with Gasteiger partial charge in [0.2, 0.25) is 11.8 Å². The van der Waals surface area contributed by atoms with Crippen LogP contribution in [0.5, 0.6) is 5.88 Å². The first kappa shape index (κ1) is 20.1. The molecule has 1 amide bonds. The van der Waals surface area contributed by atoms with Crippen molar-refractivity contribution in [2.45, 2.75) is 31.5 Å². The SMILES string of the molecule is Cc1ccc(C)c(SCC(=O)NCc2ccnc(OCC(F)(F)F)c2)c1. The van der Waals surface area contributed by atoms with E-state index in [1.165, 1.54) is 24.0 Å². The third-order valence-electron chi connectivity index (χ3n) is 3.38. The molecule has 140 valence electrons. The fraction of sp³-hybridized carbons (Fsp3) is 0.333. The lowest BCUT2D eigenvalue weighted by Crippen LogP contribution is -2.24. The molecule has 1 N–H and O–H groups in total. The highest BCUT2D eigenvalue weighted by atomic mass is 32.2. The van der Waals surface area contributed by atoms with E-state index >= 15 is 0 Å². The Kier molecular flexibility index (Phi) is 6.90. The minimum atomic E-state index is -4.42. The number of ether oxygens (including phenoxy) is 1. The maximum absolute atomic E-state index is 12.2. The number of hydrogen-bond acceptors (Lipinski definition) is 4. The van der Waals surface area contributed by atoms with Crippen LogP contribution in [-0.2, 0) is 11.3 Å². The van der Waals surface area contributed by atoms with Gasteiger partial charge in [-0.25, -0.2) is 4.98 Å². The maximum Gasteiger partial charge on any atom is 0.422 e. The summed E-state index contributed by atoms with van der Waals surface area (Å²) in [6.07, 6.45) is -3.07. The van der Waals surface area contributed by atoms with E-state index in [9.17, 15) is 18.0 Å². The number of nitrogens with zero attached hydrogens (tertiary/aromatic N) is 1. The maximum atomic E-state index is 12.2. The predicted molar refractivity (Wildman–Crippen MR) is 94.3 cm³/mol. The average Bonchev–Trinajstić information content (AvgIpc) is 2.59. The zero-order valence-corrected chi connectivity index (χ0v) is 15.2. The van der Waals surface area contributed by atoms with Gasteiger partial charge in [0.05, 0.1) is 5.75 Å². The molecule has 8 heteroatoms. The summed E-state index contributed by atoms with van der Waals surface area (Å²) in [5.74, 6) is -0.0309. The van der Waals surface area contributed by atoms with E-state index in [1.54, 1.807) is 6.07 Å². The van der Waals surface area contributed by atoms with Gasteiger partial charge in [0.25, 0.3) is 0 Å². The van der Waals surface area contributed by atoms with E-state index in [0.717, 1.165) is 16.0 Å². The van der Waals surface area contributed by atoms with Gasteiger partial charge in [-0.1, -0.05) is 17.7 Å². The average molecular weight is 384 g/mol. The summed E-state index contributed by atoms with van der Waals surface area (Å²) in [5, 5.41) is 2.74. The highest BCUT2D eigenvalue weighted by molar-refractivity contribution is 8.00. The van der Waals surface area contributed by atoms with E-state index in [0.29, 0.717) is 5.56 Å². The van der Waals surface area contributed by atoms with Crippen LogP contribution in [0, 0.1) is 13.8 Å². The molecule has 0 saturated carbocycles. The lowest BCUT2D eigenvalue weighted by molar-refractivity contribution is -0.154. The van der Waals surface area contributed by atoms with Crippen molar-refractivity contribution in [3.8, 4) is 5.88 Å². The first-order chi connectivity index (χ1) is 12.2. The summed E-state index contributed by atoms with van der Waals surface area (Å²) in [6, 6.07) is 9.04. The van der Waals surface area contributed by atoms with Crippen molar-refractivity contribution in [1.29, 1.82) is 0 Å². The van der Waals surface area contributed by atoms with Crippen molar-refractivity contribution in [3.05, 3.63) is 53.2 Å².